The molecule has 2 aliphatic heterocycles. The average Bonchev–Trinajstić information content (AvgIpc) is 3.36. The Morgan fingerprint density at radius 3 is 2.80 bits per heavy atom. The van der Waals surface area contributed by atoms with Gasteiger partial charge in [0.05, 0.1) is 6.54 Å². The summed E-state index contributed by atoms with van der Waals surface area (Å²) < 4.78 is 0. The Balaban J connectivity index is 1.44. The van der Waals surface area contributed by atoms with Crippen LogP contribution < -0.4 is 5.32 Å². The molecule has 1 atom stereocenters. The van der Waals surface area contributed by atoms with Crippen molar-refractivity contribution in [3.8, 4) is 10.6 Å². The van der Waals surface area contributed by atoms with Crippen LogP contribution in [-0.2, 0) is 14.4 Å². The Morgan fingerprint density at radius 2 is 2.07 bits per heavy atom. The quantitative estimate of drug-likeness (QED) is 0.791. The molecule has 4 rings (SSSR count). The van der Waals surface area contributed by atoms with Crippen molar-refractivity contribution in [2.24, 2.45) is 0 Å². The number of hydrogen-bond donors (Lipinski definition) is 1. The number of amides is 3. The summed E-state index contributed by atoms with van der Waals surface area (Å²) in [6, 6.07) is 6.98. The lowest BCUT2D eigenvalue weighted by Crippen LogP contribution is -2.52. The predicted octanol–water partition coefficient (Wildman–Crippen LogP) is 2.46. The van der Waals surface area contributed by atoms with Crippen LogP contribution in [0.15, 0.2) is 24.3 Å². The number of benzene rings is 1. The van der Waals surface area contributed by atoms with Crippen LogP contribution in [0.2, 0.25) is 0 Å². The number of carbonyl (C=O) groups is 3. The highest BCUT2D eigenvalue weighted by Crippen LogP contribution is 2.26. The molecule has 158 valence electrons. The maximum Gasteiger partial charge on any atom is 0.247 e. The van der Waals surface area contributed by atoms with E-state index in [9.17, 15) is 14.4 Å². The Hall–Kier alpha value is -2.81. The summed E-state index contributed by atoms with van der Waals surface area (Å²) in [6.45, 7) is 3.13. The smallest absolute Gasteiger partial charge is 0.247 e. The standard InChI is InChI=1S/C21H25N5O3S/c1-14-23-24-21(30-14)15-6-4-7-16(12-15)22-20(29)17-8-2-3-11-26(17)19(28)13-25-10-5-9-18(25)27/h4,6-7,12,17H,2-3,5,8-11,13H2,1H3,(H,22,29). The molecule has 0 bridgehead atoms. The van der Waals surface area contributed by atoms with Gasteiger partial charge >= 0.3 is 0 Å². The molecule has 2 fully saturated rings. The van der Waals surface area contributed by atoms with E-state index in [2.05, 4.69) is 15.5 Å². The maximum absolute atomic E-state index is 13.0. The minimum atomic E-state index is -0.517. The van der Waals surface area contributed by atoms with Crippen LogP contribution in [0.4, 0.5) is 5.69 Å². The first-order valence-electron chi connectivity index (χ1n) is 10.3. The normalized spacial score (nSPS) is 19.2. The van der Waals surface area contributed by atoms with Gasteiger partial charge in [-0.3, -0.25) is 14.4 Å². The van der Waals surface area contributed by atoms with Crippen molar-refractivity contribution < 1.29 is 14.4 Å². The first-order valence-corrected chi connectivity index (χ1v) is 11.1. The van der Waals surface area contributed by atoms with Gasteiger partial charge in [-0.1, -0.05) is 23.5 Å². The maximum atomic E-state index is 13.0. The van der Waals surface area contributed by atoms with Crippen molar-refractivity contribution >= 4 is 34.7 Å². The summed E-state index contributed by atoms with van der Waals surface area (Å²) in [4.78, 5) is 41.0. The molecule has 1 unspecified atom stereocenters. The van der Waals surface area contributed by atoms with E-state index < -0.39 is 6.04 Å². The highest BCUT2D eigenvalue weighted by atomic mass is 32.1. The first-order chi connectivity index (χ1) is 14.5. The molecular formula is C21H25N5O3S. The molecule has 30 heavy (non-hydrogen) atoms. The van der Waals surface area contributed by atoms with E-state index in [0.717, 1.165) is 34.8 Å². The van der Waals surface area contributed by atoms with Crippen molar-refractivity contribution in [1.82, 2.24) is 20.0 Å². The van der Waals surface area contributed by atoms with Crippen molar-refractivity contribution in [3.05, 3.63) is 29.3 Å². The predicted molar refractivity (Wildman–Crippen MR) is 114 cm³/mol. The molecular weight excluding hydrogens is 402 g/mol. The van der Waals surface area contributed by atoms with Gasteiger partial charge in [-0.25, -0.2) is 0 Å². The van der Waals surface area contributed by atoms with Crippen molar-refractivity contribution in [1.29, 1.82) is 0 Å². The van der Waals surface area contributed by atoms with Crippen LogP contribution >= 0.6 is 11.3 Å². The highest BCUT2D eigenvalue weighted by molar-refractivity contribution is 7.14. The number of aryl methyl sites for hydroxylation is 1. The van der Waals surface area contributed by atoms with E-state index in [4.69, 9.17) is 0 Å². The molecule has 1 aromatic carbocycles. The molecule has 3 amide bonds. The Bertz CT molecular complexity index is 960. The molecule has 0 radical (unpaired) electrons. The Labute approximate surface area is 179 Å². The van der Waals surface area contributed by atoms with E-state index in [1.54, 1.807) is 9.80 Å². The van der Waals surface area contributed by atoms with Crippen LogP contribution in [0.3, 0.4) is 0 Å². The Kier molecular flexibility index (Phi) is 6.08. The number of hydrogen-bond acceptors (Lipinski definition) is 6. The minimum absolute atomic E-state index is 0.0186. The second-order valence-electron chi connectivity index (χ2n) is 7.71. The number of likely N-dealkylation sites (tertiary alicyclic amines) is 2. The number of aromatic nitrogens is 2. The van der Waals surface area contributed by atoms with Gasteiger partial charge in [0, 0.05) is 30.8 Å². The molecule has 0 saturated carbocycles. The van der Waals surface area contributed by atoms with Gasteiger partial charge in [0.15, 0.2) is 0 Å². The van der Waals surface area contributed by atoms with Crippen LogP contribution in [0, 0.1) is 6.92 Å². The summed E-state index contributed by atoms with van der Waals surface area (Å²) in [7, 11) is 0. The van der Waals surface area contributed by atoms with Gasteiger partial charge in [0.25, 0.3) is 0 Å². The lowest BCUT2D eigenvalue weighted by atomic mass is 10.0. The zero-order valence-electron chi connectivity index (χ0n) is 17.0. The zero-order chi connectivity index (χ0) is 21.1. The van der Waals surface area contributed by atoms with E-state index in [-0.39, 0.29) is 24.3 Å². The van der Waals surface area contributed by atoms with Gasteiger partial charge in [0.1, 0.15) is 16.1 Å². The van der Waals surface area contributed by atoms with E-state index >= 15 is 0 Å². The number of carbonyl (C=O) groups excluding carboxylic acids is 3. The minimum Gasteiger partial charge on any atom is -0.333 e. The number of rotatable bonds is 5. The van der Waals surface area contributed by atoms with Crippen LogP contribution in [0.5, 0.6) is 0 Å². The number of anilines is 1. The fourth-order valence-electron chi connectivity index (χ4n) is 4.00. The van der Waals surface area contributed by atoms with Gasteiger partial charge in [-0.2, -0.15) is 0 Å². The topological polar surface area (TPSA) is 95.5 Å². The fraction of sp³-hybridized carbons (Fsp3) is 0.476. The van der Waals surface area contributed by atoms with Crippen molar-refractivity contribution in [2.45, 2.75) is 45.1 Å². The number of nitrogens with zero attached hydrogens (tertiary/aromatic N) is 4. The monoisotopic (exact) mass is 427 g/mol. The number of piperidine rings is 1. The summed E-state index contributed by atoms with van der Waals surface area (Å²) in [6.07, 6.45) is 3.69. The molecule has 0 spiro atoms. The third-order valence-corrected chi connectivity index (χ3v) is 6.41. The van der Waals surface area contributed by atoms with Gasteiger partial charge in [-0.05, 0) is 44.7 Å². The van der Waals surface area contributed by atoms with Gasteiger partial charge < -0.3 is 15.1 Å². The van der Waals surface area contributed by atoms with Crippen LogP contribution in [0.1, 0.15) is 37.1 Å². The lowest BCUT2D eigenvalue weighted by Gasteiger charge is -2.35. The van der Waals surface area contributed by atoms with Crippen molar-refractivity contribution in [3.63, 3.8) is 0 Å². The largest absolute Gasteiger partial charge is 0.333 e. The van der Waals surface area contributed by atoms with Gasteiger partial charge in [-0.15, -0.1) is 10.2 Å². The average molecular weight is 428 g/mol. The van der Waals surface area contributed by atoms with Crippen LogP contribution in [-0.4, -0.2) is 63.4 Å². The SMILES string of the molecule is Cc1nnc(-c2cccc(NC(=O)C3CCCCN3C(=O)CN3CCCC3=O)c2)s1. The molecule has 1 aromatic heterocycles. The Morgan fingerprint density at radius 1 is 1.20 bits per heavy atom. The second kappa shape index (κ2) is 8.91. The lowest BCUT2D eigenvalue weighted by molar-refractivity contribution is -0.143. The third kappa shape index (κ3) is 4.51. The summed E-state index contributed by atoms with van der Waals surface area (Å²) >= 11 is 1.50. The summed E-state index contributed by atoms with van der Waals surface area (Å²) in [5, 5.41) is 12.8. The second-order valence-corrected chi connectivity index (χ2v) is 8.90. The van der Waals surface area contributed by atoms with Crippen molar-refractivity contribution in [2.75, 3.05) is 25.0 Å². The number of nitrogens with one attached hydrogen (secondary N) is 1. The summed E-state index contributed by atoms with van der Waals surface area (Å²) in [5.74, 6) is -0.324. The molecule has 1 N–H and O–H groups in total. The summed E-state index contributed by atoms with van der Waals surface area (Å²) in [5.41, 5.74) is 1.56. The first kappa shape index (κ1) is 20.5. The zero-order valence-corrected chi connectivity index (χ0v) is 17.8. The van der Waals surface area contributed by atoms with E-state index in [1.165, 1.54) is 11.3 Å². The molecule has 2 saturated heterocycles. The van der Waals surface area contributed by atoms with E-state index in [1.807, 2.05) is 31.2 Å². The fourth-order valence-corrected chi connectivity index (χ4v) is 4.68. The molecule has 2 aromatic rings. The molecule has 2 aliphatic rings. The third-order valence-electron chi connectivity index (χ3n) is 5.53. The highest BCUT2D eigenvalue weighted by Gasteiger charge is 2.34. The molecule has 9 heteroatoms. The van der Waals surface area contributed by atoms with Gasteiger partial charge in [0.2, 0.25) is 17.7 Å². The van der Waals surface area contributed by atoms with Crippen LogP contribution in [0.25, 0.3) is 10.6 Å². The molecule has 0 aliphatic carbocycles. The molecule has 3 heterocycles. The molecule has 8 nitrogen and oxygen atoms in total. The van der Waals surface area contributed by atoms with E-state index in [0.29, 0.717) is 31.6 Å².